The summed E-state index contributed by atoms with van der Waals surface area (Å²) in [4.78, 5) is 15.6. The molecule has 1 aromatic rings. The molecule has 0 saturated heterocycles. The minimum Gasteiger partial charge on any atom is -0.470 e. The second kappa shape index (κ2) is 4.65. The second-order valence-corrected chi connectivity index (χ2v) is 4.30. The lowest BCUT2D eigenvalue weighted by Crippen LogP contribution is -2.33. The zero-order valence-corrected chi connectivity index (χ0v) is 9.43. The Hall–Kier alpha value is -1.36. The highest BCUT2D eigenvalue weighted by molar-refractivity contribution is 5.04. The molecule has 2 rings (SSSR count). The summed E-state index contributed by atoms with van der Waals surface area (Å²) in [5, 5.41) is 0. The number of aromatic nitrogens is 2. The highest BCUT2D eigenvalue weighted by atomic mass is 16.5. The average Bonchev–Trinajstić information content (AvgIpc) is 2.28. The summed E-state index contributed by atoms with van der Waals surface area (Å²) < 4.78 is 7.08. The minimum atomic E-state index is -0.183. The van der Waals surface area contributed by atoms with Crippen LogP contribution in [0, 0.1) is 0 Å². The van der Waals surface area contributed by atoms with E-state index in [1.165, 1.54) is 4.57 Å². The Morgan fingerprint density at radius 2 is 2.12 bits per heavy atom. The van der Waals surface area contributed by atoms with E-state index in [0.717, 1.165) is 25.7 Å². The van der Waals surface area contributed by atoms with Crippen LogP contribution in [0.15, 0.2) is 17.2 Å². The first kappa shape index (κ1) is 11.1. The molecule has 1 heterocycles. The number of nitrogens with zero attached hydrogens (tertiary/aromatic N) is 2. The van der Waals surface area contributed by atoms with E-state index in [1.807, 2.05) is 0 Å². The average molecular weight is 223 g/mol. The minimum absolute atomic E-state index is 0.0856. The number of rotatable bonds is 2. The molecule has 5 nitrogen and oxygen atoms in total. The van der Waals surface area contributed by atoms with Crippen LogP contribution in [0.2, 0.25) is 0 Å². The fourth-order valence-electron chi connectivity index (χ4n) is 1.92. The Labute approximate surface area is 94.2 Å². The van der Waals surface area contributed by atoms with Gasteiger partial charge in [0.2, 0.25) is 0 Å². The van der Waals surface area contributed by atoms with Gasteiger partial charge in [0.1, 0.15) is 6.10 Å². The van der Waals surface area contributed by atoms with Crippen molar-refractivity contribution in [1.82, 2.24) is 9.55 Å². The van der Waals surface area contributed by atoms with E-state index in [4.69, 9.17) is 10.5 Å². The number of ether oxygens (including phenoxy) is 1. The van der Waals surface area contributed by atoms with Crippen molar-refractivity contribution in [3.05, 3.63) is 22.7 Å². The molecule has 2 N–H and O–H groups in total. The van der Waals surface area contributed by atoms with Crippen LogP contribution in [0.25, 0.3) is 0 Å². The largest absolute Gasteiger partial charge is 0.470 e. The SMILES string of the molecule is Cn1ccnc(OC2CCC(N)CC2)c1=O. The molecule has 0 atom stereocenters. The van der Waals surface area contributed by atoms with Crippen molar-refractivity contribution in [3.63, 3.8) is 0 Å². The first-order chi connectivity index (χ1) is 7.66. The van der Waals surface area contributed by atoms with Gasteiger partial charge in [0.05, 0.1) is 0 Å². The van der Waals surface area contributed by atoms with Crippen LogP contribution in [-0.4, -0.2) is 21.7 Å². The van der Waals surface area contributed by atoms with E-state index in [-0.39, 0.29) is 23.6 Å². The number of aryl methyl sites for hydroxylation is 1. The van der Waals surface area contributed by atoms with Gasteiger partial charge in [-0.2, -0.15) is 0 Å². The lowest BCUT2D eigenvalue weighted by molar-refractivity contribution is 0.138. The topological polar surface area (TPSA) is 70.1 Å². The van der Waals surface area contributed by atoms with E-state index in [2.05, 4.69) is 4.98 Å². The highest BCUT2D eigenvalue weighted by Gasteiger charge is 2.21. The molecule has 88 valence electrons. The Balaban J connectivity index is 2.04. The molecule has 0 bridgehead atoms. The van der Waals surface area contributed by atoms with Gasteiger partial charge in [-0.05, 0) is 25.7 Å². The summed E-state index contributed by atoms with van der Waals surface area (Å²) >= 11 is 0. The molecular weight excluding hydrogens is 206 g/mol. The zero-order valence-electron chi connectivity index (χ0n) is 9.43. The molecule has 0 spiro atoms. The molecule has 0 radical (unpaired) electrons. The molecule has 5 heteroatoms. The van der Waals surface area contributed by atoms with E-state index < -0.39 is 0 Å². The maximum absolute atomic E-state index is 11.7. The van der Waals surface area contributed by atoms with Crippen molar-refractivity contribution in [1.29, 1.82) is 0 Å². The first-order valence-electron chi connectivity index (χ1n) is 5.60. The van der Waals surface area contributed by atoms with Crippen molar-refractivity contribution in [2.24, 2.45) is 12.8 Å². The number of hydrogen-bond acceptors (Lipinski definition) is 4. The number of hydrogen-bond donors (Lipinski definition) is 1. The van der Waals surface area contributed by atoms with Gasteiger partial charge in [0, 0.05) is 25.5 Å². The van der Waals surface area contributed by atoms with Gasteiger partial charge in [-0.3, -0.25) is 4.79 Å². The van der Waals surface area contributed by atoms with Gasteiger partial charge in [0.25, 0.3) is 5.88 Å². The quantitative estimate of drug-likeness (QED) is 0.789. The summed E-state index contributed by atoms with van der Waals surface area (Å²) in [6.07, 6.45) is 7.00. The summed E-state index contributed by atoms with van der Waals surface area (Å²) in [6.45, 7) is 0. The van der Waals surface area contributed by atoms with Gasteiger partial charge in [0.15, 0.2) is 0 Å². The normalized spacial score (nSPS) is 25.4. The van der Waals surface area contributed by atoms with Crippen LogP contribution in [-0.2, 0) is 7.05 Å². The third-order valence-electron chi connectivity index (χ3n) is 2.98. The molecule has 0 aromatic carbocycles. The molecule has 1 aromatic heterocycles. The third-order valence-corrected chi connectivity index (χ3v) is 2.98. The first-order valence-corrected chi connectivity index (χ1v) is 5.60. The summed E-state index contributed by atoms with van der Waals surface area (Å²) in [5.41, 5.74) is 5.62. The van der Waals surface area contributed by atoms with Crippen LogP contribution >= 0.6 is 0 Å². The Kier molecular flexibility index (Phi) is 3.24. The monoisotopic (exact) mass is 223 g/mol. The Morgan fingerprint density at radius 1 is 1.44 bits per heavy atom. The van der Waals surface area contributed by atoms with Gasteiger partial charge < -0.3 is 15.0 Å². The lowest BCUT2D eigenvalue weighted by atomic mass is 9.94. The van der Waals surface area contributed by atoms with Crippen molar-refractivity contribution in [3.8, 4) is 5.88 Å². The van der Waals surface area contributed by atoms with E-state index in [9.17, 15) is 4.79 Å². The van der Waals surface area contributed by atoms with Crippen molar-refractivity contribution in [2.75, 3.05) is 0 Å². The standard InChI is InChI=1S/C11H17N3O2/c1-14-7-6-13-10(11(14)15)16-9-4-2-8(12)3-5-9/h6-9H,2-5,12H2,1H3. The maximum Gasteiger partial charge on any atom is 0.313 e. The Morgan fingerprint density at radius 3 is 2.81 bits per heavy atom. The molecule has 1 saturated carbocycles. The highest BCUT2D eigenvalue weighted by Crippen LogP contribution is 2.20. The fourth-order valence-corrected chi connectivity index (χ4v) is 1.92. The predicted octanol–water partition coefficient (Wildman–Crippen LogP) is 0.429. The van der Waals surface area contributed by atoms with E-state index in [0.29, 0.717) is 0 Å². The molecule has 1 aliphatic carbocycles. The van der Waals surface area contributed by atoms with E-state index in [1.54, 1.807) is 19.4 Å². The van der Waals surface area contributed by atoms with Crippen molar-refractivity contribution < 1.29 is 4.74 Å². The van der Waals surface area contributed by atoms with Crippen LogP contribution in [0.5, 0.6) is 5.88 Å². The zero-order chi connectivity index (χ0) is 11.5. The van der Waals surface area contributed by atoms with Crippen LogP contribution < -0.4 is 16.0 Å². The predicted molar refractivity (Wildman–Crippen MR) is 60.3 cm³/mol. The smallest absolute Gasteiger partial charge is 0.313 e. The van der Waals surface area contributed by atoms with Gasteiger partial charge in [-0.15, -0.1) is 0 Å². The summed E-state index contributed by atoms with van der Waals surface area (Å²) in [7, 11) is 1.69. The van der Waals surface area contributed by atoms with Gasteiger partial charge in [-0.25, -0.2) is 4.98 Å². The van der Waals surface area contributed by atoms with Crippen LogP contribution in [0.1, 0.15) is 25.7 Å². The molecule has 0 unspecified atom stereocenters. The van der Waals surface area contributed by atoms with E-state index >= 15 is 0 Å². The molecular formula is C11H17N3O2. The molecule has 0 aliphatic heterocycles. The summed E-state index contributed by atoms with van der Waals surface area (Å²) in [6, 6.07) is 0.284. The summed E-state index contributed by atoms with van der Waals surface area (Å²) in [5.74, 6) is 0.200. The fraction of sp³-hybridized carbons (Fsp3) is 0.636. The number of nitrogens with two attached hydrogens (primary N) is 1. The lowest BCUT2D eigenvalue weighted by Gasteiger charge is -2.25. The van der Waals surface area contributed by atoms with Crippen molar-refractivity contribution in [2.45, 2.75) is 37.8 Å². The maximum atomic E-state index is 11.7. The van der Waals surface area contributed by atoms with Gasteiger partial charge in [-0.1, -0.05) is 0 Å². The second-order valence-electron chi connectivity index (χ2n) is 4.30. The van der Waals surface area contributed by atoms with Crippen LogP contribution in [0.3, 0.4) is 0 Å². The van der Waals surface area contributed by atoms with Crippen LogP contribution in [0.4, 0.5) is 0 Å². The molecule has 16 heavy (non-hydrogen) atoms. The molecule has 1 aliphatic rings. The molecule has 1 fully saturated rings. The van der Waals surface area contributed by atoms with Crippen molar-refractivity contribution >= 4 is 0 Å². The Bertz CT molecular complexity index is 408. The third kappa shape index (κ3) is 2.41. The van der Waals surface area contributed by atoms with Gasteiger partial charge >= 0.3 is 5.56 Å². The molecule has 0 amide bonds.